The Kier molecular flexibility index (Phi) is 3.24. The summed E-state index contributed by atoms with van der Waals surface area (Å²) < 4.78 is 6.66. The van der Waals surface area contributed by atoms with E-state index in [0.29, 0.717) is 11.3 Å². The van der Waals surface area contributed by atoms with Gasteiger partial charge < -0.3 is 9.84 Å². The maximum atomic E-state index is 10.8. The van der Waals surface area contributed by atoms with Crippen LogP contribution in [0.3, 0.4) is 0 Å². The van der Waals surface area contributed by atoms with Gasteiger partial charge in [-0.25, -0.2) is 0 Å². The third kappa shape index (κ3) is 2.46. The summed E-state index contributed by atoms with van der Waals surface area (Å²) >= 11 is 0. The number of aliphatic hydroxyl groups excluding tert-OH is 1. The van der Waals surface area contributed by atoms with Crippen LogP contribution >= 0.6 is 0 Å². The van der Waals surface area contributed by atoms with Gasteiger partial charge in [0.05, 0.1) is 11.5 Å². The van der Waals surface area contributed by atoms with Crippen LogP contribution in [0.4, 0.5) is 5.69 Å². The van der Waals surface area contributed by atoms with Gasteiger partial charge in [-0.3, -0.25) is 14.8 Å². The second kappa shape index (κ2) is 4.84. The maximum Gasteiger partial charge on any atom is 0.350 e. The van der Waals surface area contributed by atoms with E-state index in [2.05, 4.69) is 5.10 Å². The van der Waals surface area contributed by atoms with E-state index in [1.54, 1.807) is 31.3 Å². The summed E-state index contributed by atoms with van der Waals surface area (Å²) in [6, 6.07) is 6.64. The second-order valence-electron chi connectivity index (χ2n) is 3.66. The first-order valence-electron chi connectivity index (χ1n) is 5.16. The van der Waals surface area contributed by atoms with Crippen molar-refractivity contribution in [2.45, 2.75) is 6.61 Å². The molecule has 94 valence electrons. The molecule has 1 aromatic heterocycles. The summed E-state index contributed by atoms with van der Waals surface area (Å²) in [5.41, 5.74) is 0.456. The molecule has 0 amide bonds. The topological polar surface area (TPSA) is 90.4 Å². The summed E-state index contributed by atoms with van der Waals surface area (Å²) in [5.74, 6) is 0.320. The standard InChI is InChI=1S/C11H11N3O4/c1-13-6-10(14(16)17)11(12-13)18-9-4-2-3-8(5-9)7-15/h2-6,15H,7H2,1H3. The Morgan fingerprint density at radius 2 is 2.33 bits per heavy atom. The molecule has 0 fully saturated rings. The SMILES string of the molecule is Cn1cc([N+](=O)[O-])c(Oc2cccc(CO)c2)n1. The van der Waals surface area contributed by atoms with Crippen LogP contribution in [-0.4, -0.2) is 19.8 Å². The van der Waals surface area contributed by atoms with Gasteiger partial charge in [-0.1, -0.05) is 12.1 Å². The van der Waals surface area contributed by atoms with Crippen LogP contribution in [-0.2, 0) is 13.7 Å². The Morgan fingerprint density at radius 3 is 3.00 bits per heavy atom. The molecule has 0 atom stereocenters. The smallest absolute Gasteiger partial charge is 0.350 e. The Labute approximate surface area is 102 Å². The highest BCUT2D eigenvalue weighted by Crippen LogP contribution is 2.29. The normalized spacial score (nSPS) is 10.3. The number of ether oxygens (including phenoxy) is 1. The molecule has 7 heteroatoms. The quantitative estimate of drug-likeness (QED) is 0.656. The first kappa shape index (κ1) is 12.1. The van der Waals surface area contributed by atoms with E-state index in [0.717, 1.165) is 0 Å². The monoisotopic (exact) mass is 249 g/mol. The molecule has 7 nitrogen and oxygen atoms in total. The van der Waals surface area contributed by atoms with Gasteiger partial charge >= 0.3 is 11.6 Å². The third-order valence-electron chi connectivity index (χ3n) is 2.27. The van der Waals surface area contributed by atoms with Crippen molar-refractivity contribution in [1.82, 2.24) is 9.78 Å². The fourth-order valence-electron chi connectivity index (χ4n) is 1.47. The van der Waals surface area contributed by atoms with Gasteiger partial charge in [0.15, 0.2) is 0 Å². The van der Waals surface area contributed by atoms with Gasteiger partial charge in [-0.2, -0.15) is 0 Å². The molecular formula is C11H11N3O4. The van der Waals surface area contributed by atoms with Crippen molar-refractivity contribution in [1.29, 1.82) is 0 Å². The minimum Gasteiger partial charge on any atom is -0.433 e. The Balaban J connectivity index is 2.30. The van der Waals surface area contributed by atoms with Gasteiger partial charge in [0, 0.05) is 7.05 Å². The van der Waals surface area contributed by atoms with E-state index in [1.165, 1.54) is 10.9 Å². The zero-order valence-electron chi connectivity index (χ0n) is 9.61. The molecule has 0 aliphatic rings. The number of aromatic nitrogens is 2. The summed E-state index contributed by atoms with van der Waals surface area (Å²) in [4.78, 5) is 10.2. The molecular weight excluding hydrogens is 238 g/mol. The predicted octanol–water partition coefficient (Wildman–Crippen LogP) is 1.61. The molecule has 0 unspecified atom stereocenters. The summed E-state index contributed by atoms with van der Waals surface area (Å²) in [6.45, 7) is -0.124. The highest BCUT2D eigenvalue weighted by Gasteiger charge is 2.20. The lowest BCUT2D eigenvalue weighted by Gasteiger charge is -2.03. The van der Waals surface area contributed by atoms with E-state index in [1.807, 2.05) is 0 Å². The predicted molar refractivity (Wildman–Crippen MR) is 62.3 cm³/mol. The molecule has 1 N–H and O–H groups in total. The van der Waals surface area contributed by atoms with Crippen LogP contribution in [0.5, 0.6) is 11.6 Å². The number of rotatable bonds is 4. The molecule has 1 aromatic carbocycles. The molecule has 0 spiro atoms. The summed E-state index contributed by atoms with van der Waals surface area (Å²) in [6.07, 6.45) is 1.27. The van der Waals surface area contributed by atoms with Crippen molar-refractivity contribution in [2.24, 2.45) is 7.05 Å². The number of nitrogens with zero attached hydrogens (tertiary/aromatic N) is 3. The average molecular weight is 249 g/mol. The molecule has 0 bridgehead atoms. The van der Waals surface area contributed by atoms with Gasteiger partial charge in [0.25, 0.3) is 0 Å². The zero-order valence-corrected chi connectivity index (χ0v) is 9.61. The van der Waals surface area contributed by atoms with Gasteiger partial charge in [0.1, 0.15) is 11.9 Å². The van der Waals surface area contributed by atoms with E-state index in [-0.39, 0.29) is 18.2 Å². The van der Waals surface area contributed by atoms with Crippen molar-refractivity contribution in [3.63, 3.8) is 0 Å². The Morgan fingerprint density at radius 1 is 1.56 bits per heavy atom. The number of hydrogen-bond acceptors (Lipinski definition) is 5. The molecule has 0 saturated carbocycles. The molecule has 2 rings (SSSR count). The first-order valence-corrected chi connectivity index (χ1v) is 5.16. The maximum absolute atomic E-state index is 10.8. The van der Waals surface area contributed by atoms with E-state index < -0.39 is 4.92 Å². The average Bonchev–Trinajstić information content (AvgIpc) is 2.70. The van der Waals surface area contributed by atoms with Crippen LogP contribution < -0.4 is 4.74 Å². The minimum absolute atomic E-state index is 0.0717. The van der Waals surface area contributed by atoms with Crippen molar-refractivity contribution >= 4 is 5.69 Å². The van der Waals surface area contributed by atoms with Crippen molar-refractivity contribution in [3.8, 4) is 11.6 Å². The lowest BCUT2D eigenvalue weighted by atomic mass is 10.2. The van der Waals surface area contributed by atoms with E-state index in [9.17, 15) is 10.1 Å². The minimum atomic E-state index is -0.557. The lowest BCUT2D eigenvalue weighted by molar-refractivity contribution is -0.385. The number of nitro groups is 1. The number of aryl methyl sites for hydroxylation is 1. The van der Waals surface area contributed by atoms with Gasteiger partial charge in [0.2, 0.25) is 0 Å². The van der Waals surface area contributed by atoms with Crippen molar-refractivity contribution in [2.75, 3.05) is 0 Å². The molecule has 0 aliphatic heterocycles. The van der Waals surface area contributed by atoms with Crippen molar-refractivity contribution in [3.05, 3.63) is 46.1 Å². The fourth-order valence-corrected chi connectivity index (χ4v) is 1.47. The summed E-state index contributed by atoms with van der Waals surface area (Å²) in [7, 11) is 1.57. The zero-order chi connectivity index (χ0) is 13.1. The molecule has 0 saturated heterocycles. The molecule has 0 aliphatic carbocycles. The molecule has 0 radical (unpaired) electrons. The van der Waals surface area contributed by atoms with Crippen LogP contribution in [0.15, 0.2) is 30.5 Å². The van der Waals surface area contributed by atoms with Gasteiger partial charge in [-0.05, 0) is 17.7 Å². The highest BCUT2D eigenvalue weighted by atomic mass is 16.6. The van der Waals surface area contributed by atoms with Gasteiger partial charge in [-0.15, -0.1) is 5.10 Å². The second-order valence-corrected chi connectivity index (χ2v) is 3.66. The molecule has 2 aromatic rings. The van der Waals surface area contributed by atoms with Crippen LogP contribution in [0, 0.1) is 10.1 Å². The Hall–Kier alpha value is -2.41. The molecule has 18 heavy (non-hydrogen) atoms. The first-order chi connectivity index (χ1) is 8.60. The lowest BCUT2D eigenvalue weighted by Crippen LogP contribution is -1.92. The number of aliphatic hydroxyl groups is 1. The van der Waals surface area contributed by atoms with E-state index >= 15 is 0 Å². The van der Waals surface area contributed by atoms with E-state index in [4.69, 9.17) is 9.84 Å². The summed E-state index contributed by atoms with van der Waals surface area (Å²) in [5, 5.41) is 23.6. The van der Waals surface area contributed by atoms with Crippen LogP contribution in [0.1, 0.15) is 5.56 Å². The van der Waals surface area contributed by atoms with Crippen LogP contribution in [0.2, 0.25) is 0 Å². The fraction of sp³-hybridized carbons (Fsp3) is 0.182. The Bertz CT molecular complexity index is 579. The number of benzene rings is 1. The highest BCUT2D eigenvalue weighted by molar-refractivity contribution is 5.42. The van der Waals surface area contributed by atoms with Crippen molar-refractivity contribution < 1.29 is 14.8 Å². The largest absolute Gasteiger partial charge is 0.433 e. The van der Waals surface area contributed by atoms with Crippen LogP contribution in [0.25, 0.3) is 0 Å². The third-order valence-corrected chi connectivity index (χ3v) is 2.27. The molecule has 1 heterocycles. The number of hydrogen-bond donors (Lipinski definition) is 1.